The second-order valence-electron chi connectivity index (χ2n) is 5.69. The van der Waals surface area contributed by atoms with Crippen LogP contribution in [0.4, 0.5) is 4.39 Å². The third-order valence-corrected chi connectivity index (χ3v) is 3.95. The molecule has 0 aliphatic carbocycles. The van der Waals surface area contributed by atoms with Crippen LogP contribution in [0, 0.1) is 5.82 Å². The Kier molecular flexibility index (Phi) is 6.46. The van der Waals surface area contributed by atoms with Gasteiger partial charge >= 0.3 is 0 Å². The molecule has 0 bridgehead atoms. The summed E-state index contributed by atoms with van der Waals surface area (Å²) in [5, 5.41) is 3.56. The number of benzene rings is 1. The van der Waals surface area contributed by atoms with Gasteiger partial charge in [0.15, 0.2) is 11.6 Å². The minimum Gasteiger partial charge on any atom is -0.494 e. The van der Waals surface area contributed by atoms with Crippen LogP contribution in [0.1, 0.15) is 38.2 Å². The molecule has 4 heteroatoms. The van der Waals surface area contributed by atoms with Crippen LogP contribution in [0.3, 0.4) is 0 Å². The molecule has 1 aromatic rings. The molecule has 0 saturated carbocycles. The van der Waals surface area contributed by atoms with E-state index in [1.165, 1.54) is 7.11 Å². The predicted octanol–water partition coefficient (Wildman–Crippen LogP) is 3.31. The molecule has 2 unspecified atom stereocenters. The highest BCUT2D eigenvalue weighted by molar-refractivity contribution is 5.29. The van der Waals surface area contributed by atoms with Crippen LogP contribution < -0.4 is 10.1 Å². The second kappa shape index (κ2) is 8.35. The maximum Gasteiger partial charge on any atom is 0.165 e. The van der Waals surface area contributed by atoms with Crippen LogP contribution in [0.25, 0.3) is 0 Å². The van der Waals surface area contributed by atoms with Crippen molar-refractivity contribution in [2.75, 3.05) is 20.3 Å². The average Bonchev–Trinajstić information content (AvgIpc) is 2.98. The molecular formula is C17H26FNO2. The minimum atomic E-state index is -0.290. The Hall–Kier alpha value is -1.13. The normalized spacial score (nSPS) is 19.7. The molecule has 118 valence electrons. The van der Waals surface area contributed by atoms with Gasteiger partial charge in [-0.2, -0.15) is 0 Å². The fourth-order valence-corrected chi connectivity index (χ4v) is 2.86. The van der Waals surface area contributed by atoms with Crippen molar-refractivity contribution in [1.82, 2.24) is 5.32 Å². The molecule has 0 amide bonds. The summed E-state index contributed by atoms with van der Waals surface area (Å²) in [6.07, 6.45) is 5.55. The smallest absolute Gasteiger partial charge is 0.165 e. The molecule has 1 aliphatic heterocycles. The van der Waals surface area contributed by atoms with Gasteiger partial charge in [-0.1, -0.05) is 13.0 Å². The summed E-state index contributed by atoms with van der Waals surface area (Å²) in [5.41, 5.74) is 1.000. The maximum absolute atomic E-state index is 13.8. The minimum absolute atomic E-state index is 0.290. The summed E-state index contributed by atoms with van der Waals surface area (Å²) >= 11 is 0. The molecule has 1 heterocycles. The highest BCUT2D eigenvalue weighted by Crippen LogP contribution is 2.21. The van der Waals surface area contributed by atoms with Gasteiger partial charge in [-0.3, -0.25) is 0 Å². The van der Waals surface area contributed by atoms with Gasteiger partial charge in [0.1, 0.15) is 0 Å². The Morgan fingerprint density at radius 3 is 2.95 bits per heavy atom. The molecule has 21 heavy (non-hydrogen) atoms. The monoisotopic (exact) mass is 295 g/mol. The van der Waals surface area contributed by atoms with Crippen molar-refractivity contribution in [3.05, 3.63) is 29.6 Å². The van der Waals surface area contributed by atoms with Crippen molar-refractivity contribution in [2.45, 2.75) is 51.2 Å². The number of nitrogens with one attached hydrogen (secondary N) is 1. The van der Waals surface area contributed by atoms with Crippen LogP contribution >= 0.6 is 0 Å². The van der Waals surface area contributed by atoms with E-state index in [9.17, 15) is 4.39 Å². The zero-order chi connectivity index (χ0) is 15.1. The molecule has 1 fully saturated rings. The molecule has 1 aliphatic rings. The van der Waals surface area contributed by atoms with Gasteiger partial charge in [0.2, 0.25) is 0 Å². The fraction of sp³-hybridized carbons (Fsp3) is 0.647. The maximum atomic E-state index is 13.8. The lowest BCUT2D eigenvalue weighted by Gasteiger charge is -2.22. The lowest BCUT2D eigenvalue weighted by Crippen LogP contribution is -2.35. The molecule has 3 nitrogen and oxygen atoms in total. The number of rotatable bonds is 8. The van der Waals surface area contributed by atoms with E-state index in [1.807, 2.05) is 6.07 Å². The predicted molar refractivity (Wildman–Crippen MR) is 82.3 cm³/mol. The van der Waals surface area contributed by atoms with E-state index in [4.69, 9.17) is 9.47 Å². The summed E-state index contributed by atoms with van der Waals surface area (Å²) in [4.78, 5) is 0. The van der Waals surface area contributed by atoms with Crippen LogP contribution in [-0.2, 0) is 11.2 Å². The molecule has 1 N–H and O–H groups in total. The summed E-state index contributed by atoms with van der Waals surface area (Å²) in [6.45, 7) is 4.02. The molecule has 2 atom stereocenters. The first-order chi connectivity index (χ1) is 10.2. The second-order valence-corrected chi connectivity index (χ2v) is 5.69. The summed E-state index contributed by atoms with van der Waals surface area (Å²) in [5.74, 6) is 0.0114. The van der Waals surface area contributed by atoms with Crippen LogP contribution in [0.2, 0.25) is 0 Å². The first kappa shape index (κ1) is 16.2. The lowest BCUT2D eigenvalue weighted by molar-refractivity contribution is 0.0946. The molecule has 0 aromatic heterocycles. The zero-order valence-corrected chi connectivity index (χ0v) is 13.0. The van der Waals surface area contributed by atoms with Gasteiger partial charge in [-0.15, -0.1) is 0 Å². The van der Waals surface area contributed by atoms with Crippen molar-refractivity contribution in [1.29, 1.82) is 0 Å². The van der Waals surface area contributed by atoms with E-state index in [2.05, 4.69) is 12.2 Å². The van der Waals surface area contributed by atoms with E-state index in [0.717, 1.165) is 50.8 Å². The fourth-order valence-electron chi connectivity index (χ4n) is 2.86. The summed E-state index contributed by atoms with van der Waals surface area (Å²) < 4.78 is 24.5. The number of halogens is 1. The molecule has 2 rings (SSSR count). The van der Waals surface area contributed by atoms with Crippen LogP contribution in [0.15, 0.2) is 18.2 Å². The Morgan fingerprint density at radius 1 is 1.48 bits per heavy atom. The first-order valence-corrected chi connectivity index (χ1v) is 7.90. The van der Waals surface area contributed by atoms with Gasteiger partial charge in [0.25, 0.3) is 0 Å². The average molecular weight is 295 g/mol. The molecule has 1 aromatic carbocycles. The van der Waals surface area contributed by atoms with Crippen molar-refractivity contribution >= 4 is 0 Å². The standard InChI is InChI=1S/C17H26FNO2/c1-3-8-19-14(12-15-5-4-9-21-15)10-13-6-7-17(20-2)16(18)11-13/h6-7,11,14-15,19H,3-5,8-10,12H2,1-2H3. The number of hydrogen-bond donors (Lipinski definition) is 1. The summed E-state index contributed by atoms with van der Waals surface area (Å²) in [6, 6.07) is 5.56. The van der Waals surface area contributed by atoms with E-state index < -0.39 is 0 Å². The van der Waals surface area contributed by atoms with Crippen molar-refractivity contribution < 1.29 is 13.9 Å². The third kappa shape index (κ3) is 4.97. The van der Waals surface area contributed by atoms with Crippen LogP contribution in [0.5, 0.6) is 5.75 Å². The largest absolute Gasteiger partial charge is 0.494 e. The van der Waals surface area contributed by atoms with E-state index >= 15 is 0 Å². The van der Waals surface area contributed by atoms with Gasteiger partial charge in [-0.05, 0) is 56.3 Å². The molecule has 0 spiro atoms. The number of methoxy groups -OCH3 is 1. The Bertz CT molecular complexity index is 433. The van der Waals surface area contributed by atoms with Gasteiger partial charge in [0.05, 0.1) is 13.2 Å². The van der Waals surface area contributed by atoms with E-state index in [0.29, 0.717) is 17.9 Å². The lowest BCUT2D eigenvalue weighted by atomic mass is 9.99. The summed E-state index contributed by atoms with van der Waals surface area (Å²) in [7, 11) is 1.49. The SMILES string of the molecule is CCCNC(Cc1ccc(OC)c(F)c1)CC1CCCO1. The van der Waals surface area contributed by atoms with Crippen LogP contribution in [-0.4, -0.2) is 32.4 Å². The Labute approximate surface area is 126 Å². The molecule has 1 saturated heterocycles. The van der Waals surface area contributed by atoms with Gasteiger partial charge in [-0.25, -0.2) is 4.39 Å². The number of ether oxygens (including phenoxy) is 2. The van der Waals surface area contributed by atoms with E-state index in [1.54, 1.807) is 12.1 Å². The number of hydrogen-bond acceptors (Lipinski definition) is 3. The molecule has 0 radical (unpaired) electrons. The Morgan fingerprint density at radius 2 is 2.33 bits per heavy atom. The van der Waals surface area contributed by atoms with Crippen molar-refractivity contribution in [2.24, 2.45) is 0 Å². The highest BCUT2D eigenvalue weighted by atomic mass is 19.1. The topological polar surface area (TPSA) is 30.5 Å². The van der Waals surface area contributed by atoms with E-state index in [-0.39, 0.29) is 5.82 Å². The zero-order valence-electron chi connectivity index (χ0n) is 13.0. The first-order valence-electron chi connectivity index (χ1n) is 7.90. The van der Waals surface area contributed by atoms with Gasteiger partial charge < -0.3 is 14.8 Å². The molecular weight excluding hydrogens is 269 g/mol. The van der Waals surface area contributed by atoms with Crippen molar-refractivity contribution in [3.8, 4) is 5.75 Å². The Balaban J connectivity index is 1.97. The third-order valence-electron chi connectivity index (χ3n) is 3.95. The quantitative estimate of drug-likeness (QED) is 0.798. The van der Waals surface area contributed by atoms with Gasteiger partial charge in [0, 0.05) is 12.6 Å². The van der Waals surface area contributed by atoms with Crippen molar-refractivity contribution in [3.63, 3.8) is 0 Å². The highest BCUT2D eigenvalue weighted by Gasteiger charge is 2.21.